The van der Waals surface area contributed by atoms with Gasteiger partial charge in [-0.2, -0.15) is 4.39 Å². The Labute approximate surface area is 193 Å². The van der Waals surface area contributed by atoms with Crippen molar-refractivity contribution >= 4 is 37.9 Å². The summed E-state index contributed by atoms with van der Waals surface area (Å²) in [4.78, 5) is 26.2. The van der Waals surface area contributed by atoms with Crippen LogP contribution in [0.1, 0.15) is 17.7 Å². The van der Waals surface area contributed by atoms with Crippen LogP contribution in [0.3, 0.4) is 0 Å². The topological polar surface area (TPSA) is 120 Å². The molecule has 1 fully saturated rings. The second-order valence-corrected chi connectivity index (χ2v) is 10.2. The lowest BCUT2D eigenvalue weighted by Gasteiger charge is -2.11. The molecule has 2 aromatic heterocycles. The molecule has 33 heavy (non-hydrogen) atoms. The third-order valence-corrected chi connectivity index (χ3v) is 7.67. The largest absolute Gasteiger partial charge is 0.389 e. The number of sulfone groups is 1. The van der Waals surface area contributed by atoms with E-state index < -0.39 is 26.1 Å². The number of oxime groups is 1. The number of halogens is 1. The molecule has 1 aromatic carbocycles. The van der Waals surface area contributed by atoms with Crippen LogP contribution in [0.15, 0.2) is 64.9 Å². The average molecular weight is 491 g/mol. The molecule has 1 atom stereocenters. The fraction of sp³-hybridized carbons (Fsp3) is 0.238. The van der Waals surface area contributed by atoms with Gasteiger partial charge in [-0.05, 0) is 30.7 Å². The number of benzene rings is 1. The van der Waals surface area contributed by atoms with Gasteiger partial charge in [0.15, 0.2) is 32.4 Å². The monoisotopic (exact) mass is 490 g/mol. The van der Waals surface area contributed by atoms with Crippen LogP contribution < -0.4 is 5.32 Å². The number of thiazole rings is 1. The number of carbonyl (C=O) groups excluding carboxylic acids is 1. The van der Waals surface area contributed by atoms with Crippen molar-refractivity contribution in [2.75, 3.05) is 18.5 Å². The van der Waals surface area contributed by atoms with E-state index in [9.17, 15) is 17.6 Å². The fourth-order valence-corrected chi connectivity index (χ4v) is 5.21. The lowest BCUT2D eigenvalue weighted by Crippen LogP contribution is -2.25. The lowest BCUT2D eigenvalue weighted by molar-refractivity contribution is -0.110. The summed E-state index contributed by atoms with van der Waals surface area (Å²) in [5.74, 6) is -0.690. The Bertz CT molecular complexity index is 1240. The first kappa shape index (κ1) is 23.0. The molecule has 3 heterocycles. The summed E-state index contributed by atoms with van der Waals surface area (Å²) < 4.78 is 44.0. The molecule has 172 valence electrons. The maximum absolute atomic E-state index is 13.3. The van der Waals surface area contributed by atoms with Gasteiger partial charge in [-0.1, -0.05) is 34.7 Å². The number of ether oxygens (including phenoxy) is 1. The Morgan fingerprint density at radius 3 is 2.70 bits per heavy atom. The van der Waals surface area contributed by atoms with Gasteiger partial charge in [0.2, 0.25) is 0 Å². The molecule has 0 spiro atoms. The van der Waals surface area contributed by atoms with E-state index in [1.54, 1.807) is 24.4 Å². The van der Waals surface area contributed by atoms with Crippen LogP contribution in [0.25, 0.3) is 0 Å². The van der Waals surface area contributed by atoms with Crippen LogP contribution in [0, 0.1) is 5.13 Å². The van der Waals surface area contributed by atoms with Gasteiger partial charge in [0.05, 0.1) is 28.6 Å². The second-order valence-electron chi connectivity index (χ2n) is 7.01. The van der Waals surface area contributed by atoms with Crippen LogP contribution in [0.5, 0.6) is 0 Å². The molecule has 1 aliphatic rings. The van der Waals surface area contributed by atoms with Gasteiger partial charge < -0.3 is 9.57 Å². The number of hydrogen-bond donors (Lipinski definition) is 1. The van der Waals surface area contributed by atoms with Crippen molar-refractivity contribution in [1.82, 2.24) is 9.97 Å². The fourth-order valence-electron chi connectivity index (χ4n) is 3.09. The van der Waals surface area contributed by atoms with Crippen LogP contribution in [0.4, 0.5) is 9.52 Å². The number of pyridine rings is 1. The molecule has 0 unspecified atom stereocenters. The minimum atomic E-state index is -3.56. The smallest absolute Gasteiger partial charge is 0.280 e. The van der Waals surface area contributed by atoms with Crippen molar-refractivity contribution in [2.24, 2.45) is 5.16 Å². The predicted octanol–water partition coefficient (Wildman–Crippen LogP) is 2.80. The normalized spacial score (nSPS) is 16.5. The van der Waals surface area contributed by atoms with E-state index in [4.69, 9.17) is 9.57 Å². The number of hydrogen-bond acceptors (Lipinski definition) is 9. The van der Waals surface area contributed by atoms with Crippen LogP contribution in [-0.4, -0.2) is 48.5 Å². The minimum absolute atomic E-state index is 0.0116. The summed E-state index contributed by atoms with van der Waals surface area (Å²) >= 11 is 0.663. The number of carbonyl (C=O) groups is 1. The number of anilines is 1. The third-order valence-electron chi connectivity index (χ3n) is 4.79. The van der Waals surface area contributed by atoms with Crippen LogP contribution in [0.2, 0.25) is 0 Å². The molecule has 0 bridgehead atoms. The Kier molecular flexibility index (Phi) is 7.06. The number of rotatable bonds is 8. The van der Waals surface area contributed by atoms with E-state index in [1.807, 2.05) is 0 Å². The highest BCUT2D eigenvalue weighted by molar-refractivity contribution is 7.92. The van der Waals surface area contributed by atoms with Crippen molar-refractivity contribution in [3.63, 3.8) is 0 Å². The molecular weight excluding hydrogens is 471 g/mol. The summed E-state index contributed by atoms with van der Waals surface area (Å²) in [6.45, 7) is 0.576. The van der Waals surface area contributed by atoms with Crippen LogP contribution >= 0.6 is 11.3 Å². The van der Waals surface area contributed by atoms with Crippen molar-refractivity contribution in [2.45, 2.75) is 23.2 Å². The first-order chi connectivity index (χ1) is 15.9. The molecule has 0 saturated carbocycles. The molecule has 3 aromatic rings. The van der Waals surface area contributed by atoms with Crippen LogP contribution in [-0.2, 0) is 30.8 Å². The maximum atomic E-state index is 13.3. The summed E-state index contributed by atoms with van der Waals surface area (Å²) in [6, 6.07) is 11.0. The zero-order chi connectivity index (χ0) is 23.3. The van der Waals surface area contributed by atoms with Crippen molar-refractivity contribution in [1.29, 1.82) is 0 Å². The van der Waals surface area contributed by atoms with Crippen molar-refractivity contribution < 1.29 is 27.2 Å². The number of nitrogens with zero attached hydrogens (tertiary/aromatic N) is 3. The van der Waals surface area contributed by atoms with E-state index in [0.717, 1.165) is 6.20 Å². The first-order valence-electron chi connectivity index (χ1n) is 9.88. The van der Waals surface area contributed by atoms with Gasteiger partial charge in [0.25, 0.3) is 5.91 Å². The van der Waals surface area contributed by atoms with Gasteiger partial charge >= 0.3 is 0 Å². The van der Waals surface area contributed by atoms with E-state index in [0.29, 0.717) is 35.6 Å². The van der Waals surface area contributed by atoms with Crippen molar-refractivity contribution in [3.05, 3.63) is 71.2 Å². The zero-order valence-corrected chi connectivity index (χ0v) is 18.8. The zero-order valence-electron chi connectivity index (χ0n) is 17.2. The Morgan fingerprint density at radius 1 is 1.24 bits per heavy atom. The van der Waals surface area contributed by atoms with Gasteiger partial charge in [-0.25, -0.2) is 13.4 Å². The van der Waals surface area contributed by atoms with Gasteiger partial charge in [0.1, 0.15) is 0 Å². The van der Waals surface area contributed by atoms with E-state index in [2.05, 4.69) is 20.4 Å². The summed E-state index contributed by atoms with van der Waals surface area (Å²) in [6.07, 6.45) is 3.02. The molecule has 1 amide bonds. The Hall–Kier alpha value is -3.22. The molecule has 1 aliphatic heterocycles. The Morgan fingerprint density at radius 2 is 2.06 bits per heavy atom. The number of amides is 1. The standard InChI is InChI=1S/C21H19FN4O5S2/c22-18-11-24-21(32-18)25-20(27)19(26-31-12-15-3-1-2-9-23-15)14-4-6-16(7-5-14)33(28,29)17-8-10-30-13-17/h1-7,9,11,17H,8,10,12-13H2,(H,24,25,27)/b26-19+/t17-/m0/s1. The molecule has 1 N–H and O–H groups in total. The van der Waals surface area contributed by atoms with E-state index >= 15 is 0 Å². The Balaban J connectivity index is 1.57. The van der Waals surface area contributed by atoms with E-state index in [-0.39, 0.29) is 29.0 Å². The van der Waals surface area contributed by atoms with E-state index in [1.165, 1.54) is 24.3 Å². The second kappa shape index (κ2) is 10.1. The number of nitrogens with one attached hydrogen (secondary N) is 1. The highest BCUT2D eigenvalue weighted by Crippen LogP contribution is 2.23. The molecular formula is C21H19FN4O5S2. The molecule has 0 radical (unpaired) electrons. The molecule has 1 saturated heterocycles. The molecule has 0 aliphatic carbocycles. The summed E-state index contributed by atoms with van der Waals surface area (Å²) in [5.41, 5.74) is 0.782. The van der Waals surface area contributed by atoms with Gasteiger partial charge in [0, 0.05) is 18.4 Å². The SMILES string of the molecule is O=C(Nc1ncc(F)s1)/C(=N/OCc1ccccn1)c1ccc(S(=O)(=O)[C@H]2CCOC2)cc1. The number of aromatic nitrogens is 2. The molecule has 4 rings (SSSR count). The quantitative estimate of drug-likeness (QED) is 0.381. The average Bonchev–Trinajstić information content (AvgIpc) is 3.50. The highest BCUT2D eigenvalue weighted by Gasteiger charge is 2.31. The predicted molar refractivity (Wildman–Crippen MR) is 119 cm³/mol. The minimum Gasteiger partial charge on any atom is -0.389 e. The third kappa shape index (κ3) is 5.59. The van der Waals surface area contributed by atoms with Crippen molar-refractivity contribution in [3.8, 4) is 0 Å². The maximum Gasteiger partial charge on any atom is 0.280 e. The summed E-state index contributed by atoms with van der Waals surface area (Å²) in [5, 5.41) is 5.31. The summed E-state index contributed by atoms with van der Waals surface area (Å²) in [7, 11) is -3.56. The first-order valence-corrected chi connectivity index (χ1v) is 12.2. The van der Waals surface area contributed by atoms with Gasteiger partial charge in [-0.15, -0.1) is 0 Å². The molecule has 12 heteroatoms. The molecule has 9 nitrogen and oxygen atoms in total. The van der Waals surface area contributed by atoms with Gasteiger partial charge in [-0.3, -0.25) is 15.1 Å². The highest BCUT2D eigenvalue weighted by atomic mass is 32.2. The lowest BCUT2D eigenvalue weighted by atomic mass is 10.1.